The summed E-state index contributed by atoms with van der Waals surface area (Å²) in [5, 5.41) is 2.53. The van der Waals surface area contributed by atoms with Crippen LogP contribution in [0.3, 0.4) is 0 Å². The maximum absolute atomic E-state index is 12.7. The summed E-state index contributed by atoms with van der Waals surface area (Å²) < 4.78 is 15.6. The van der Waals surface area contributed by atoms with Crippen molar-refractivity contribution in [3.05, 3.63) is 53.3 Å². The number of hydrogen-bond donors (Lipinski definition) is 1. The van der Waals surface area contributed by atoms with Crippen molar-refractivity contribution in [2.24, 2.45) is 0 Å². The molecule has 1 aromatic carbocycles. The smallest absolute Gasteiger partial charge is 0.328 e. The number of ether oxygens (including phenoxy) is 3. The van der Waals surface area contributed by atoms with Crippen molar-refractivity contribution in [1.29, 1.82) is 0 Å². The molecule has 1 aromatic heterocycles. The topological polar surface area (TPSA) is 104 Å². The first kappa shape index (κ1) is 25.2. The van der Waals surface area contributed by atoms with Gasteiger partial charge in [0.15, 0.2) is 11.4 Å². The lowest BCUT2D eigenvalue weighted by Crippen LogP contribution is -2.40. The number of carbonyl (C=O) groups excluding carboxylic acids is 3. The summed E-state index contributed by atoms with van der Waals surface area (Å²) in [6.45, 7) is 2.93. The molecule has 8 nitrogen and oxygen atoms in total. The average molecular weight is 469 g/mol. The number of hydrogen-bond acceptors (Lipinski definition) is 7. The molecule has 182 valence electrons. The van der Waals surface area contributed by atoms with E-state index in [-0.39, 0.29) is 23.8 Å². The highest BCUT2D eigenvalue weighted by Crippen LogP contribution is 2.32. The Labute approximate surface area is 200 Å². The van der Waals surface area contributed by atoms with E-state index >= 15 is 0 Å². The number of pyridine rings is 1. The molecule has 1 aliphatic rings. The van der Waals surface area contributed by atoms with E-state index < -0.39 is 23.9 Å². The molecule has 0 unspecified atom stereocenters. The van der Waals surface area contributed by atoms with Crippen molar-refractivity contribution in [1.82, 2.24) is 10.3 Å². The third kappa shape index (κ3) is 6.79. The van der Waals surface area contributed by atoms with Crippen LogP contribution in [0.1, 0.15) is 73.5 Å². The number of methoxy groups -OCH3 is 1. The van der Waals surface area contributed by atoms with Gasteiger partial charge in [0, 0.05) is 25.6 Å². The van der Waals surface area contributed by atoms with E-state index in [1.54, 1.807) is 0 Å². The van der Waals surface area contributed by atoms with Crippen LogP contribution in [0.25, 0.3) is 0 Å². The monoisotopic (exact) mass is 468 g/mol. The van der Waals surface area contributed by atoms with E-state index in [2.05, 4.69) is 34.6 Å². The predicted octanol–water partition coefficient (Wildman–Crippen LogP) is 3.97. The Bertz CT molecular complexity index is 999. The lowest BCUT2D eigenvalue weighted by atomic mass is 9.84. The number of esters is 2. The van der Waals surface area contributed by atoms with Gasteiger partial charge in [-0.3, -0.25) is 9.59 Å². The van der Waals surface area contributed by atoms with Crippen molar-refractivity contribution in [3.8, 4) is 11.5 Å². The minimum Gasteiger partial charge on any atom is -0.493 e. The molecule has 1 atom stereocenters. The molecule has 0 bridgehead atoms. The molecule has 1 N–H and O–H groups in total. The number of benzene rings is 1. The second kappa shape index (κ2) is 12.2. The number of amides is 1. The summed E-state index contributed by atoms with van der Waals surface area (Å²) in [4.78, 5) is 40.4. The second-order valence-electron chi connectivity index (χ2n) is 8.47. The van der Waals surface area contributed by atoms with Crippen LogP contribution in [0.15, 0.2) is 36.5 Å². The zero-order chi connectivity index (χ0) is 24.5. The SMILES string of the molecule is COc1ccnc(C(=O)N[C@@H](C)C(=O)OCCc2ccc(C3CCCCC3)cc2)c1OC(C)=O. The lowest BCUT2D eigenvalue weighted by molar-refractivity contribution is -0.145. The van der Waals surface area contributed by atoms with E-state index in [4.69, 9.17) is 14.2 Å². The third-order valence-corrected chi connectivity index (χ3v) is 5.94. The Kier molecular flexibility index (Phi) is 9.01. The highest BCUT2D eigenvalue weighted by Gasteiger charge is 2.24. The Morgan fingerprint density at radius 3 is 2.44 bits per heavy atom. The van der Waals surface area contributed by atoms with Gasteiger partial charge in [-0.2, -0.15) is 0 Å². The van der Waals surface area contributed by atoms with Crippen molar-refractivity contribution < 1.29 is 28.6 Å². The molecule has 3 rings (SSSR count). The average Bonchev–Trinajstić information content (AvgIpc) is 2.84. The fourth-order valence-electron chi connectivity index (χ4n) is 4.11. The van der Waals surface area contributed by atoms with Gasteiger partial charge in [-0.05, 0) is 36.8 Å². The first-order valence-corrected chi connectivity index (χ1v) is 11.7. The van der Waals surface area contributed by atoms with Gasteiger partial charge in [0.1, 0.15) is 6.04 Å². The molecule has 1 heterocycles. The van der Waals surface area contributed by atoms with Crippen LogP contribution >= 0.6 is 0 Å². The van der Waals surface area contributed by atoms with Crippen LogP contribution < -0.4 is 14.8 Å². The molecule has 8 heteroatoms. The van der Waals surface area contributed by atoms with Gasteiger partial charge >= 0.3 is 11.9 Å². The molecule has 1 fully saturated rings. The normalized spacial score (nSPS) is 14.7. The largest absolute Gasteiger partial charge is 0.493 e. The Hall–Kier alpha value is -3.42. The number of nitrogens with zero attached hydrogens (tertiary/aromatic N) is 1. The number of aromatic nitrogens is 1. The van der Waals surface area contributed by atoms with E-state index in [1.165, 1.54) is 70.9 Å². The maximum Gasteiger partial charge on any atom is 0.328 e. The summed E-state index contributed by atoms with van der Waals surface area (Å²) in [6, 6.07) is 9.09. The van der Waals surface area contributed by atoms with Crippen molar-refractivity contribution >= 4 is 17.8 Å². The summed E-state index contributed by atoms with van der Waals surface area (Å²) >= 11 is 0. The van der Waals surface area contributed by atoms with Crippen LogP contribution in [0.2, 0.25) is 0 Å². The highest BCUT2D eigenvalue weighted by molar-refractivity contribution is 5.98. The minimum absolute atomic E-state index is 0.104. The second-order valence-corrected chi connectivity index (χ2v) is 8.47. The van der Waals surface area contributed by atoms with Gasteiger partial charge in [-0.25, -0.2) is 9.78 Å². The van der Waals surface area contributed by atoms with Crippen molar-refractivity contribution in [2.45, 2.75) is 64.3 Å². The fraction of sp³-hybridized carbons (Fsp3) is 0.462. The van der Waals surface area contributed by atoms with Crippen LogP contribution in [0, 0.1) is 0 Å². The lowest BCUT2D eigenvalue weighted by Gasteiger charge is -2.22. The molecule has 0 aliphatic heterocycles. The standard InChI is InChI=1S/C26H32N2O6/c1-17(28-25(30)23-24(34-18(2)29)22(32-3)13-15-27-23)26(31)33-16-14-19-9-11-21(12-10-19)20-7-5-4-6-8-20/h9-13,15,17,20H,4-8,14,16H2,1-3H3,(H,28,30)/t17-/m0/s1. The van der Waals surface area contributed by atoms with Gasteiger partial charge in [0.25, 0.3) is 5.91 Å². The predicted molar refractivity (Wildman–Crippen MR) is 126 cm³/mol. The summed E-state index contributed by atoms with van der Waals surface area (Å²) in [5.41, 5.74) is 2.32. The fourth-order valence-corrected chi connectivity index (χ4v) is 4.11. The molecule has 0 saturated heterocycles. The van der Waals surface area contributed by atoms with E-state index in [1.807, 2.05) is 0 Å². The Morgan fingerprint density at radius 1 is 1.09 bits per heavy atom. The number of rotatable bonds is 9. The zero-order valence-electron chi connectivity index (χ0n) is 20.0. The van der Waals surface area contributed by atoms with E-state index in [0.717, 1.165) is 5.56 Å². The maximum atomic E-state index is 12.7. The molecule has 1 amide bonds. The Balaban J connectivity index is 1.50. The Morgan fingerprint density at radius 2 is 1.79 bits per heavy atom. The summed E-state index contributed by atoms with van der Waals surface area (Å²) in [5.74, 6) is -1.14. The van der Waals surface area contributed by atoms with Gasteiger partial charge in [0.05, 0.1) is 13.7 Å². The summed E-state index contributed by atoms with van der Waals surface area (Å²) in [6.07, 6.45) is 8.39. The van der Waals surface area contributed by atoms with Crippen LogP contribution in [0.4, 0.5) is 0 Å². The highest BCUT2D eigenvalue weighted by atomic mass is 16.6. The molecule has 2 aromatic rings. The first-order chi connectivity index (χ1) is 16.4. The van der Waals surface area contributed by atoms with Gasteiger partial charge in [-0.15, -0.1) is 0 Å². The van der Waals surface area contributed by atoms with Crippen molar-refractivity contribution in [3.63, 3.8) is 0 Å². The van der Waals surface area contributed by atoms with Gasteiger partial charge in [-0.1, -0.05) is 43.5 Å². The molecule has 0 spiro atoms. The quantitative estimate of drug-likeness (QED) is 0.556. The molecule has 0 radical (unpaired) electrons. The van der Waals surface area contributed by atoms with Gasteiger partial charge in [0.2, 0.25) is 5.75 Å². The zero-order valence-corrected chi connectivity index (χ0v) is 20.0. The minimum atomic E-state index is -0.917. The van der Waals surface area contributed by atoms with Crippen molar-refractivity contribution in [2.75, 3.05) is 13.7 Å². The molecular formula is C26H32N2O6. The number of nitrogens with one attached hydrogen (secondary N) is 1. The van der Waals surface area contributed by atoms with E-state index in [9.17, 15) is 14.4 Å². The molecule has 34 heavy (non-hydrogen) atoms. The van der Waals surface area contributed by atoms with Crippen LogP contribution in [-0.4, -0.2) is 42.6 Å². The van der Waals surface area contributed by atoms with Crippen LogP contribution in [0.5, 0.6) is 11.5 Å². The summed E-state index contributed by atoms with van der Waals surface area (Å²) in [7, 11) is 1.38. The van der Waals surface area contributed by atoms with Gasteiger partial charge < -0.3 is 19.5 Å². The first-order valence-electron chi connectivity index (χ1n) is 11.7. The molecule has 1 aliphatic carbocycles. The molecule has 1 saturated carbocycles. The number of carbonyl (C=O) groups is 3. The third-order valence-electron chi connectivity index (χ3n) is 5.94. The van der Waals surface area contributed by atoms with Crippen LogP contribution in [-0.2, 0) is 20.7 Å². The van der Waals surface area contributed by atoms with E-state index in [0.29, 0.717) is 12.3 Å². The molecular weight excluding hydrogens is 436 g/mol.